The molecule has 0 atom stereocenters. The molecule has 0 spiro atoms. The Morgan fingerprint density at radius 3 is 0.525 bits per heavy atom. The summed E-state index contributed by atoms with van der Waals surface area (Å²) < 4.78 is 0. The Morgan fingerprint density at radius 1 is 0.271 bits per heavy atom. The number of rotatable bonds is 36. The number of aliphatic carboxylic acids is 6. The van der Waals surface area contributed by atoms with Crippen LogP contribution < -0.4 is 30.6 Å². The summed E-state index contributed by atoms with van der Waals surface area (Å²) >= 11 is 0. The average molecular weight is 868 g/mol. The molecule has 0 rings (SSSR count). The van der Waals surface area contributed by atoms with Gasteiger partial charge in [0.15, 0.2) is 0 Å². The van der Waals surface area contributed by atoms with E-state index >= 15 is 0 Å². The fraction of sp³-hybridized carbons (Fsp3) is 0.773. The third-order valence-corrected chi connectivity index (χ3v) is 8.68. The molecule has 0 fully saturated rings. The summed E-state index contributed by atoms with van der Waals surface area (Å²) in [6.07, 6.45) is 41.3. The third-order valence-electron chi connectivity index (χ3n) is 8.68. The average Bonchev–Trinajstić information content (AvgIpc) is 3.13. The minimum atomic E-state index is -1.55. The Labute approximate surface area is 405 Å². The molecule has 0 saturated carbocycles. The summed E-state index contributed by atoms with van der Waals surface area (Å²) in [6, 6.07) is 0. The Balaban J connectivity index is -0.000000130. The predicted octanol–water partition coefficient (Wildman–Crippen LogP) is 2.94. The maximum atomic E-state index is 10.2. The van der Waals surface area contributed by atoms with E-state index in [4.69, 9.17) is 0 Å². The molecule has 328 valence electrons. The number of hydrogen-bond donors (Lipinski definition) is 0. The second-order valence-corrected chi connectivity index (χ2v) is 14.1. The number of carboxylic acids is 6. The molecule has 0 unspecified atom stereocenters. The van der Waals surface area contributed by atoms with Crippen LogP contribution in [0.15, 0.2) is 24.3 Å². The number of carboxylic acid groups (broad SMARTS) is 6. The Kier molecular flexibility index (Phi) is 77.2. The van der Waals surface area contributed by atoms with Crippen molar-refractivity contribution in [3.8, 4) is 0 Å². The molecular weight excluding hydrogens is 793 g/mol. The zero-order chi connectivity index (χ0) is 42.9. The van der Waals surface area contributed by atoms with Gasteiger partial charge in [0.2, 0.25) is 0 Å². The van der Waals surface area contributed by atoms with Gasteiger partial charge in [-0.2, -0.15) is 0 Å². The zero-order valence-corrected chi connectivity index (χ0v) is 41.2. The molecule has 0 aliphatic carbocycles. The SMILES string of the molecule is CCCCCCCCCCCCCCCCCC(=O)[O-].CCCCCCCCCCCCCCCCCC(=O)[O-].O=C([O-])/C=C/C(=O)[O-].O=C([O-])/C=C/C(=O)[O-].[Mg+2].[Mg+2].[Mg+2]. The van der Waals surface area contributed by atoms with E-state index in [1.54, 1.807) is 0 Å². The van der Waals surface area contributed by atoms with E-state index < -0.39 is 35.8 Å². The van der Waals surface area contributed by atoms with Crippen LogP contribution in [0.5, 0.6) is 0 Å². The summed E-state index contributed by atoms with van der Waals surface area (Å²) in [6.45, 7) is 4.53. The van der Waals surface area contributed by atoms with Gasteiger partial charge in [-0.1, -0.05) is 194 Å². The van der Waals surface area contributed by atoms with Crippen LogP contribution in [0.3, 0.4) is 0 Å². The summed E-state index contributed by atoms with van der Waals surface area (Å²) in [5.41, 5.74) is 0. The first kappa shape index (κ1) is 72.1. The number of unbranched alkanes of at least 4 members (excludes halogenated alkanes) is 28. The van der Waals surface area contributed by atoms with Gasteiger partial charge in [0.1, 0.15) is 0 Å². The quantitative estimate of drug-likeness (QED) is 0.0502. The van der Waals surface area contributed by atoms with Crippen molar-refractivity contribution in [2.24, 2.45) is 0 Å². The first-order valence-corrected chi connectivity index (χ1v) is 21.4. The zero-order valence-electron chi connectivity index (χ0n) is 37.0. The van der Waals surface area contributed by atoms with Gasteiger partial charge in [-0.15, -0.1) is 0 Å². The summed E-state index contributed by atoms with van der Waals surface area (Å²) in [5.74, 6) is -7.99. The van der Waals surface area contributed by atoms with Crippen LogP contribution in [0.25, 0.3) is 0 Å². The van der Waals surface area contributed by atoms with Crippen LogP contribution in [0.1, 0.15) is 219 Å². The standard InChI is InChI=1S/2C18H36O2.2C4H4O4.3Mg/c2*1-2-3-4-5-6-7-8-9-10-11-12-13-14-15-16-17-18(19)20;2*5-3(6)1-2-4(7)8;;;/h2*2-17H2,1H3,(H,19,20);2*1-2H,(H,5,6)(H,7,8);;;/q;;;;3*+2/p-6/b;;2*2-1+;;;. The van der Waals surface area contributed by atoms with E-state index in [9.17, 15) is 59.4 Å². The minimum absolute atomic E-state index is 0. The maximum Gasteiger partial charge on any atom is 2.00 e. The molecule has 0 N–H and O–H groups in total. The Hall–Kier alpha value is -1.40. The first-order chi connectivity index (χ1) is 26.8. The molecule has 12 nitrogen and oxygen atoms in total. The summed E-state index contributed by atoms with van der Waals surface area (Å²) in [7, 11) is 0. The number of carbonyl (C=O) groups excluding carboxylic acids is 6. The van der Waals surface area contributed by atoms with Crippen LogP contribution in [-0.4, -0.2) is 105 Å². The second-order valence-electron chi connectivity index (χ2n) is 14.1. The normalized spacial score (nSPS) is 9.93. The molecule has 0 aliphatic heterocycles. The fourth-order valence-corrected chi connectivity index (χ4v) is 5.55. The van der Waals surface area contributed by atoms with E-state index in [0.717, 1.165) is 25.7 Å². The van der Waals surface area contributed by atoms with Crippen molar-refractivity contribution in [3.63, 3.8) is 0 Å². The molecule has 15 heteroatoms. The fourth-order valence-electron chi connectivity index (χ4n) is 5.55. The molecule has 0 heterocycles. The summed E-state index contributed by atoms with van der Waals surface area (Å²) in [4.78, 5) is 58.1. The van der Waals surface area contributed by atoms with Crippen LogP contribution in [0.2, 0.25) is 0 Å². The van der Waals surface area contributed by atoms with E-state index in [2.05, 4.69) is 13.8 Å². The minimum Gasteiger partial charge on any atom is -0.550 e. The van der Waals surface area contributed by atoms with Crippen molar-refractivity contribution in [1.29, 1.82) is 0 Å². The van der Waals surface area contributed by atoms with E-state index in [-0.39, 0.29) is 82.0 Å². The van der Waals surface area contributed by atoms with E-state index in [0.29, 0.717) is 24.3 Å². The molecule has 0 aromatic heterocycles. The van der Waals surface area contributed by atoms with Gasteiger partial charge >= 0.3 is 69.2 Å². The summed E-state index contributed by atoms with van der Waals surface area (Å²) in [5, 5.41) is 58.1. The van der Waals surface area contributed by atoms with Crippen LogP contribution >= 0.6 is 0 Å². The monoisotopic (exact) mass is 866 g/mol. The second kappa shape index (κ2) is 63.2. The van der Waals surface area contributed by atoms with Crippen molar-refractivity contribution in [1.82, 2.24) is 0 Å². The van der Waals surface area contributed by atoms with Gasteiger partial charge in [-0.3, -0.25) is 0 Å². The molecule has 59 heavy (non-hydrogen) atoms. The van der Waals surface area contributed by atoms with Crippen molar-refractivity contribution in [2.45, 2.75) is 219 Å². The maximum absolute atomic E-state index is 10.2. The van der Waals surface area contributed by atoms with E-state index in [1.165, 1.54) is 167 Å². The molecule has 0 aliphatic rings. The van der Waals surface area contributed by atoms with Crippen LogP contribution in [-0.2, 0) is 28.8 Å². The van der Waals surface area contributed by atoms with Crippen LogP contribution in [0, 0.1) is 0 Å². The van der Waals surface area contributed by atoms with Gasteiger partial charge in [-0.25, -0.2) is 0 Å². The molecule has 0 saturated heterocycles. The molecule has 0 bridgehead atoms. The Morgan fingerprint density at radius 2 is 0.407 bits per heavy atom. The molecule has 0 radical (unpaired) electrons. The van der Waals surface area contributed by atoms with Crippen LogP contribution in [0.4, 0.5) is 0 Å². The van der Waals surface area contributed by atoms with E-state index in [1.807, 2.05) is 0 Å². The van der Waals surface area contributed by atoms with Gasteiger partial charge < -0.3 is 59.4 Å². The number of hydrogen-bond acceptors (Lipinski definition) is 12. The molecular formula is C44H74Mg3O12. The van der Waals surface area contributed by atoms with Crippen molar-refractivity contribution in [2.75, 3.05) is 0 Å². The van der Waals surface area contributed by atoms with Crippen molar-refractivity contribution < 1.29 is 59.4 Å². The van der Waals surface area contributed by atoms with Gasteiger partial charge in [0, 0.05) is 11.9 Å². The molecule has 0 aromatic carbocycles. The van der Waals surface area contributed by atoms with Gasteiger partial charge in [-0.05, 0) is 50.0 Å². The van der Waals surface area contributed by atoms with Crippen molar-refractivity contribution >= 4 is 105 Å². The first-order valence-electron chi connectivity index (χ1n) is 21.4. The predicted molar refractivity (Wildman–Crippen MR) is 225 cm³/mol. The van der Waals surface area contributed by atoms with Gasteiger partial charge in [0.05, 0.1) is 23.9 Å². The molecule has 0 aromatic rings. The molecule has 0 amide bonds. The smallest absolute Gasteiger partial charge is 0.550 e. The third kappa shape index (κ3) is 93.0. The van der Waals surface area contributed by atoms with Crippen molar-refractivity contribution in [3.05, 3.63) is 24.3 Å². The Bertz CT molecular complexity index is 898. The largest absolute Gasteiger partial charge is 2.00 e. The number of carbonyl (C=O) groups is 6. The van der Waals surface area contributed by atoms with Gasteiger partial charge in [0.25, 0.3) is 0 Å². The topological polar surface area (TPSA) is 241 Å².